The molecule has 0 nitrogen and oxygen atoms in total. The van der Waals surface area contributed by atoms with Crippen molar-refractivity contribution in [3.8, 4) is 0 Å². The zero-order valence-corrected chi connectivity index (χ0v) is 12.7. The van der Waals surface area contributed by atoms with Crippen LogP contribution in [0.25, 0.3) is 0 Å². The van der Waals surface area contributed by atoms with E-state index >= 15 is 0 Å². The summed E-state index contributed by atoms with van der Waals surface area (Å²) in [6.07, 6.45) is 5.27. The first-order valence-corrected chi connectivity index (χ1v) is 14.6. The van der Waals surface area contributed by atoms with Crippen molar-refractivity contribution in [3.63, 3.8) is 0 Å². The summed E-state index contributed by atoms with van der Waals surface area (Å²) in [7, 11) is 0.628. The first-order chi connectivity index (χ1) is 3.97. The summed E-state index contributed by atoms with van der Waals surface area (Å²) >= 11 is 4.74. The van der Waals surface area contributed by atoms with Crippen LogP contribution < -0.4 is 0 Å². The Balaban J connectivity index is 0. The van der Waals surface area contributed by atoms with Gasteiger partial charge in [0.05, 0.1) is 0 Å². The van der Waals surface area contributed by atoms with Crippen molar-refractivity contribution < 1.29 is 9.47 Å². The van der Waals surface area contributed by atoms with Crippen molar-refractivity contribution in [2.24, 2.45) is 0 Å². The summed E-state index contributed by atoms with van der Waals surface area (Å²) in [4.78, 5) is 0. The Morgan fingerprint density at radius 1 is 1.44 bits per heavy atom. The molecular formula is C5H13I2PV. The Labute approximate surface area is 87.8 Å². The molecule has 0 amide bonds. The third kappa shape index (κ3) is 25.2. The Kier molecular flexibility index (Phi) is 13.0. The van der Waals surface area contributed by atoms with Gasteiger partial charge in [0.25, 0.3) is 0 Å². The number of hydrogen-bond acceptors (Lipinski definition) is 0. The molecule has 0 atom stereocenters. The van der Waals surface area contributed by atoms with Crippen molar-refractivity contribution in [3.05, 3.63) is 0 Å². The summed E-state index contributed by atoms with van der Waals surface area (Å²) < 4.78 is 0. The Morgan fingerprint density at radius 3 is 1.56 bits per heavy atom. The van der Waals surface area contributed by atoms with E-state index in [4.69, 9.17) is 0 Å². The fourth-order valence-electron chi connectivity index (χ4n) is 0. The summed E-state index contributed by atoms with van der Waals surface area (Å²) in [5.74, 6) is 0. The molecule has 0 aromatic rings. The number of hydrogen-bond donors (Lipinski definition) is 0. The van der Waals surface area contributed by atoms with Gasteiger partial charge in [-0.25, -0.2) is 0 Å². The topological polar surface area (TPSA) is 0 Å². The van der Waals surface area contributed by atoms with Crippen LogP contribution >= 0.6 is 46.8 Å². The van der Waals surface area contributed by atoms with Gasteiger partial charge in [-0.2, -0.15) is 0 Å². The third-order valence-corrected chi connectivity index (χ3v) is 2.57. The van der Waals surface area contributed by atoms with E-state index in [1.807, 2.05) is 0 Å². The van der Waals surface area contributed by atoms with Gasteiger partial charge in [0, 0.05) is 0 Å². The molecule has 0 rings (SSSR count). The summed E-state index contributed by atoms with van der Waals surface area (Å²) in [5.41, 5.74) is 0. The Bertz CT molecular complexity index is 89.0. The number of halogens is 2. The molecule has 0 heterocycles. The molecule has 0 spiro atoms. The molecule has 0 unspecified atom stereocenters. The average molecular weight is 409 g/mol. The standard InChI is InChI=1S/C5H13P.2HI.V/c1-5-6(2,3)4;;;/h2,5H2,1,3-4H3;2*1H;/q;;;+2/p-2. The first kappa shape index (κ1) is 13.9. The second-order valence-corrected chi connectivity index (χ2v) is 18.6. The van der Waals surface area contributed by atoms with Crippen molar-refractivity contribution in [2.45, 2.75) is 6.92 Å². The quantitative estimate of drug-likeness (QED) is 0.460. The number of rotatable bonds is 1. The maximum atomic E-state index is 4.00. The van der Waals surface area contributed by atoms with Crippen molar-refractivity contribution >= 4 is 53.1 Å². The van der Waals surface area contributed by atoms with Gasteiger partial charge >= 0.3 is 49.4 Å². The van der Waals surface area contributed by atoms with Crippen molar-refractivity contribution in [2.75, 3.05) is 19.5 Å². The normalized spacial score (nSPS) is 9.44. The van der Waals surface area contributed by atoms with Crippen LogP contribution in [0, 0.1) is 0 Å². The molecule has 0 bridgehead atoms. The van der Waals surface area contributed by atoms with E-state index in [1.54, 1.807) is 0 Å². The summed E-state index contributed by atoms with van der Waals surface area (Å²) in [6.45, 7) is 6.03. The van der Waals surface area contributed by atoms with Crippen LogP contribution in [-0.4, -0.2) is 25.8 Å². The predicted octanol–water partition coefficient (Wildman–Crippen LogP) is 3.48. The molecule has 0 aliphatic carbocycles. The Morgan fingerprint density at radius 2 is 1.56 bits per heavy atom. The molecule has 0 saturated heterocycles. The van der Waals surface area contributed by atoms with Crippen molar-refractivity contribution in [1.29, 1.82) is 0 Å². The fraction of sp³-hybridized carbons (Fsp3) is 0.800. The summed E-state index contributed by atoms with van der Waals surface area (Å²) in [5, 5.41) is 0. The summed E-state index contributed by atoms with van der Waals surface area (Å²) in [6, 6.07) is 0. The van der Waals surface area contributed by atoms with E-state index in [0.717, 1.165) is 0 Å². The van der Waals surface area contributed by atoms with Gasteiger partial charge < -0.3 is 0 Å². The minimum atomic E-state index is -0.647. The second-order valence-electron chi connectivity index (χ2n) is 2.32. The zero-order valence-electron chi connectivity index (χ0n) is 6.06. The molecule has 0 fully saturated rings. The fourth-order valence-corrected chi connectivity index (χ4v) is 0. The zero-order chi connectivity index (χ0) is 7.91. The van der Waals surface area contributed by atoms with Gasteiger partial charge in [0.1, 0.15) is 0 Å². The Hall–Kier alpha value is 2.34. The van der Waals surface area contributed by atoms with E-state index in [-0.39, 0.29) is 0 Å². The molecule has 0 aromatic heterocycles. The monoisotopic (exact) mass is 409 g/mol. The van der Waals surface area contributed by atoms with Gasteiger partial charge in [0.15, 0.2) is 0 Å². The molecule has 0 aliphatic rings. The van der Waals surface area contributed by atoms with E-state index in [0.29, 0.717) is 9.47 Å². The van der Waals surface area contributed by atoms with Gasteiger partial charge in [-0.3, -0.25) is 0 Å². The molecular weight excluding hydrogens is 396 g/mol. The van der Waals surface area contributed by atoms with Crippen LogP contribution in [0.3, 0.4) is 0 Å². The molecule has 0 aromatic carbocycles. The van der Waals surface area contributed by atoms with E-state index in [9.17, 15) is 0 Å². The van der Waals surface area contributed by atoms with Gasteiger partial charge in [-0.15, -0.1) is 13.2 Å². The van der Waals surface area contributed by atoms with Gasteiger partial charge in [-0.1, -0.05) is 6.92 Å². The minimum absolute atomic E-state index is 0.628. The SMILES string of the molecule is C=P(C)(C)CC.[I][V][I]. The van der Waals surface area contributed by atoms with E-state index in [1.165, 1.54) is 6.16 Å². The van der Waals surface area contributed by atoms with Crippen LogP contribution in [0.15, 0.2) is 0 Å². The van der Waals surface area contributed by atoms with Crippen LogP contribution in [0.1, 0.15) is 6.92 Å². The molecule has 57 valence electrons. The van der Waals surface area contributed by atoms with Crippen LogP contribution in [0.2, 0.25) is 0 Å². The van der Waals surface area contributed by atoms with Crippen LogP contribution in [-0.2, 0) is 9.47 Å². The maximum absolute atomic E-state index is 4.00. The molecule has 0 radical (unpaired) electrons. The van der Waals surface area contributed by atoms with Crippen LogP contribution in [0.4, 0.5) is 0 Å². The van der Waals surface area contributed by atoms with E-state index < -0.39 is 6.89 Å². The average Bonchev–Trinajstić information content (AvgIpc) is 1.67. The van der Waals surface area contributed by atoms with E-state index in [2.05, 4.69) is 66.5 Å². The van der Waals surface area contributed by atoms with Crippen LogP contribution in [0.5, 0.6) is 0 Å². The molecule has 0 saturated carbocycles. The third-order valence-electron chi connectivity index (χ3n) is 0.856. The van der Waals surface area contributed by atoms with Gasteiger partial charge in [0.2, 0.25) is 0 Å². The predicted molar refractivity (Wildman–Crippen MR) is 64.5 cm³/mol. The molecule has 4 heteroatoms. The molecule has 0 aliphatic heterocycles. The molecule has 9 heavy (non-hydrogen) atoms. The van der Waals surface area contributed by atoms with Gasteiger partial charge in [-0.05, 0) is 19.5 Å². The second kappa shape index (κ2) is 8.44. The first-order valence-electron chi connectivity index (χ1n) is 2.57. The molecule has 0 N–H and O–H groups in total. The van der Waals surface area contributed by atoms with Crippen molar-refractivity contribution in [1.82, 2.24) is 0 Å².